The average Bonchev–Trinajstić information content (AvgIpc) is 3.27. The summed E-state index contributed by atoms with van der Waals surface area (Å²) in [5, 5.41) is 18.2. The third kappa shape index (κ3) is 4.43. The summed E-state index contributed by atoms with van der Waals surface area (Å²) in [6.45, 7) is 5.10. The van der Waals surface area contributed by atoms with Crippen molar-refractivity contribution in [2.24, 2.45) is 0 Å². The largest absolute Gasteiger partial charge is 0.352 e. The average molecular weight is 382 g/mol. The van der Waals surface area contributed by atoms with E-state index >= 15 is 0 Å². The zero-order chi connectivity index (χ0) is 20.1. The Hall–Kier alpha value is -3.49. The summed E-state index contributed by atoms with van der Waals surface area (Å²) in [7, 11) is 0. The van der Waals surface area contributed by atoms with Gasteiger partial charge in [-0.25, -0.2) is 4.98 Å². The maximum atomic E-state index is 12.2. The van der Waals surface area contributed by atoms with E-state index in [-0.39, 0.29) is 11.6 Å². The Labute approximate surface area is 162 Å². The van der Waals surface area contributed by atoms with Crippen LogP contribution in [0.1, 0.15) is 33.7 Å². The zero-order valence-electron chi connectivity index (χ0n) is 15.8. The van der Waals surface area contributed by atoms with Gasteiger partial charge in [-0.1, -0.05) is 12.1 Å². The van der Waals surface area contributed by atoms with E-state index in [0.29, 0.717) is 30.0 Å². The molecule has 0 bridgehead atoms. The van der Waals surface area contributed by atoms with Crippen LogP contribution in [0.25, 0.3) is 0 Å². The Morgan fingerprint density at radius 3 is 2.61 bits per heavy atom. The number of amides is 1. The highest BCUT2D eigenvalue weighted by atomic mass is 16.6. The number of nitro groups is 1. The van der Waals surface area contributed by atoms with Crippen molar-refractivity contribution in [2.75, 3.05) is 6.54 Å². The van der Waals surface area contributed by atoms with E-state index in [1.54, 1.807) is 43.2 Å². The van der Waals surface area contributed by atoms with Crippen molar-refractivity contribution in [3.05, 3.63) is 75.6 Å². The summed E-state index contributed by atoms with van der Waals surface area (Å²) in [6, 6.07) is 7.17. The molecule has 0 aliphatic carbocycles. The summed E-state index contributed by atoms with van der Waals surface area (Å²) in [4.78, 5) is 26.9. The number of nitrogens with one attached hydrogen (secondary N) is 1. The van der Waals surface area contributed by atoms with Crippen LogP contribution < -0.4 is 5.32 Å². The first-order chi connectivity index (χ1) is 13.5. The molecule has 0 aliphatic rings. The van der Waals surface area contributed by atoms with E-state index in [1.165, 1.54) is 0 Å². The fraction of sp³-hybridized carbons (Fsp3) is 0.316. The predicted octanol–water partition coefficient (Wildman–Crippen LogP) is 2.47. The van der Waals surface area contributed by atoms with Gasteiger partial charge in [0.25, 0.3) is 5.91 Å². The Morgan fingerprint density at radius 2 is 2.00 bits per heavy atom. The lowest BCUT2D eigenvalue weighted by Crippen LogP contribution is -2.25. The smallest absolute Gasteiger partial charge is 0.312 e. The number of benzene rings is 1. The Bertz CT molecular complexity index is 960. The molecule has 0 aliphatic heterocycles. The standard InChI is InChI=1S/C19H22N6O3/c1-14-18(25(27)28)15(2)24(22-14)12-16-4-6-17(7-5-16)19(26)21-8-3-10-23-11-9-20-13-23/h4-7,9,11,13H,3,8,10,12H2,1-2H3,(H,21,26). The SMILES string of the molecule is Cc1nn(Cc2ccc(C(=O)NCCCn3ccnc3)cc2)c(C)c1[N+](=O)[O-]. The maximum absolute atomic E-state index is 12.2. The highest BCUT2D eigenvalue weighted by Crippen LogP contribution is 2.22. The lowest BCUT2D eigenvalue weighted by molar-refractivity contribution is -0.386. The van der Waals surface area contributed by atoms with Gasteiger partial charge in [-0.05, 0) is 38.0 Å². The minimum absolute atomic E-state index is 0.0479. The molecule has 0 unspecified atom stereocenters. The third-order valence-electron chi connectivity index (χ3n) is 4.51. The molecule has 0 radical (unpaired) electrons. The van der Waals surface area contributed by atoms with Gasteiger partial charge in [0, 0.05) is 31.0 Å². The second-order valence-electron chi connectivity index (χ2n) is 6.54. The number of aryl methyl sites for hydroxylation is 2. The number of rotatable bonds is 8. The summed E-state index contributed by atoms with van der Waals surface area (Å²) in [5.74, 6) is -0.126. The molecular formula is C19H22N6O3. The number of hydrogen-bond acceptors (Lipinski definition) is 5. The lowest BCUT2D eigenvalue weighted by Gasteiger charge is -2.08. The molecule has 3 rings (SSSR count). The molecule has 0 saturated heterocycles. The summed E-state index contributed by atoms with van der Waals surface area (Å²) in [5.41, 5.74) is 2.45. The minimum atomic E-state index is -0.408. The first kappa shape index (κ1) is 19.3. The van der Waals surface area contributed by atoms with Crippen LogP contribution in [0.4, 0.5) is 5.69 Å². The topological polar surface area (TPSA) is 108 Å². The lowest BCUT2D eigenvalue weighted by atomic mass is 10.1. The molecule has 9 heteroatoms. The normalized spacial score (nSPS) is 10.8. The zero-order valence-corrected chi connectivity index (χ0v) is 15.8. The van der Waals surface area contributed by atoms with E-state index in [2.05, 4.69) is 15.4 Å². The Morgan fingerprint density at radius 1 is 1.25 bits per heavy atom. The van der Waals surface area contributed by atoms with Crippen molar-refractivity contribution in [2.45, 2.75) is 33.4 Å². The molecule has 0 spiro atoms. The predicted molar refractivity (Wildman–Crippen MR) is 103 cm³/mol. The molecule has 0 atom stereocenters. The van der Waals surface area contributed by atoms with Gasteiger partial charge in [0.05, 0.1) is 17.8 Å². The van der Waals surface area contributed by atoms with Crippen molar-refractivity contribution in [1.29, 1.82) is 0 Å². The first-order valence-corrected chi connectivity index (χ1v) is 8.97. The number of carbonyl (C=O) groups excluding carboxylic acids is 1. The van der Waals surface area contributed by atoms with E-state index in [4.69, 9.17) is 0 Å². The molecular weight excluding hydrogens is 360 g/mol. The molecule has 1 aromatic carbocycles. The van der Waals surface area contributed by atoms with Crippen LogP contribution in [-0.2, 0) is 13.1 Å². The molecule has 1 amide bonds. The van der Waals surface area contributed by atoms with Crippen LogP contribution in [0.2, 0.25) is 0 Å². The summed E-state index contributed by atoms with van der Waals surface area (Å²) in [6.07, 6.45) is 6.18. The second-order valence-corrected chi connectivity index (χ2v) is 6.54. The number of hydrogen-bond donors (Lipinski definition) is 1. The van der Waals surface area contributed by atoms with Crippen molar-refractivity contribution >= 4 is 11.6 Å². The van der Waals surface area contributed by atoms with E-state index in [9.17, 15) is 14.9 Å². The fourth-order valence-corrected chi connectivity index (χ4v) is 3.02. The van der Waals surface area contributed by atoms with E-state index in [1.807, 2.05) is 22.9 Å². The van der Waals surface area contributed by atoms with Gasteiger partial charge in [0.1, 0.15) is 11.4 Å². The van der Waals surface area contributed by atoms with E-state index < -0.39 is 4.92 Å². The van der Waals surface area contributed by atoms with Gasteiger partial charge < -0.3 is 9.88 Å². The molecule has 9 nitrogen and oxygen atoms in total. The van der Waals surface area contributed by atoms with Gasteiger partial charge in [-0.2, -0.15) is 5.10 Å². The van der Waals surface area contributed by atoms with Gasteiger partial charge >= 0.3 is 5.69 Å². The molecule has 146 valence electrons. The van der Waals surface area contributed by atoms with Crippen molar-refractivity contribution < 1.29 is 9.72 Å². The molecule has 28 heavy (non-hydrogen) atoms. The third-order valence-corrected chi connectivity index (χ3v) is 4.51. The van der Waals surface area contributed by atoms with Crippen molar-refractivity contribution in [1.82, 2.24) is 24.6 Å². The number of aromatic nitrogens is 4. The minimum Gasteiger partial charge on any atom is -0.352 e. The van der Waals surface area contributed by atoms with Crippen LogP contribution >= 0.6 is 0 Å². The number of nitrogens with zero attached hydrogens (tertiary/aromatic N) is 5. The molecule has 3 aromatic rings. The van der Waals surface area contributed by atoms with Gasteiger partial charge in [0.2, 0.25) is 0 Å². The fourth-order valence-electron chi connectivity index (χ4n) is 3.02. The van der Waals surface area contributed by atoms with Crippen LogP contribution in [0, 0.1) is 24.0 Å². The van der Waals surface area contributed by atoms with Crippen molar-refractivity contribution in [3.63, 3.8) is 0 Å². The Balaban J connectivity index is 1.55. The second kappa shape index (κ2) is 8.47. The number of imidazole rings is 1. The van der Waals surface area contributed by atoms with E-state index in [0.717, 1.165) is 18.5 Å². The molecule has 0 saturated carbocycles. The monoisotopic (exact) mass is 382 g/mol. The van der Waals surface area contributed by atoms with Crippen LogP contribution in [0.3, 0.4) is 0 Å². The highest BCUT2D eigenvalue weighted by molar-refractivity contribution is 5.94. The highest BCUT2D eigenvalue weighted by Gasteiger charge is 2.21. The molecule has 2 aromatic heterocycles. The van der Waals surface area contributed by atoms with Crippen molar-refractivity contribution in [3.8, 4) is 0 Å². The molecule has 2 heterocycles. The summed E-state index contributed by atoms with van der Waals surface area (Å²) >= 11 is 0. The quantitative estimate of drug-likeness (QED) is 0.366. The van der Waals surface area contributed by atoms with Gasteiger partial charge in [-0.3, -0.25) is 19.6 Å². The van der Waals surface area contributed by atoms with Crippen LogP contribution in [0.15, 0.2) is 43.0 Å². The first-order valence-electron chi connectivity index (χ1n) is 8.97. The summed E-state index contributed by atoms with van der Waals surface area (Å²) < 4.78 is 3.57. The van der Waals surface area contributed by atoms with Gasteiger partial charge in [-0.15, -0.1) is 0 Å². The van der Waals surface area contributed by atoms with Crippen LogP contribution in [-0.4, -0.2) is 36.7 Å². The Kier molecular flexibility index (Phi) is 5.83. The molecule has 0 fully saturated rings. The van der Waals surface area contributed by atoms with Gasteiger partial charge in [0.15, 0.2) is 0 Å². The maximum Gasteiger partial charge on any atom is 0.312 e. The molecule has 1 N–H and O–H groups in total. The number of carbonyl (C=O) groups is 1. The van der Waals surface area contributed by atoms with Crippen LogP contribution in [0.5, 0.6) is 0 Å².